The first-order chi connectivity index (χ1) is 9.66. The van der Waals surface area contributed by atoms with E-state index in [0.29, 0.717) is 6.61 Å². The highest BCUT2D eigenvalue weighted by atomic mass is 16.5. The van der Waals surface area contributed by atoms with E-state index in [2.05, 4.69) is 0 Å². The Bertz CT molecular complexity index is 423. The molecule has 1 saturated carbocycles. The molecule has 1 fully saturated rings. The van der Waals surface area contributed by atoms with E-state index in [0.717, 1.165) is 31.2 Å². The number of hydrogen-bond donors (Lipinski definition) is 1. The molecular formula is C17H24O3. The molecule has 1 unspecified atom stereocenters. The monoisotopic (exact) mass is 276 g/mol. The van der Waals surface area contributed by atoms with Crippen LogP contribution in [0.1, 0.15) is 51.0 Å². The molecule has 1 aromatic rings. The Balaban J connectivity index is 2.24. The summed E-state index contributed by atoms with van der Waals surface area (Å²) in [5, 5.41) is 11.2. The first kappa shape index (κ1) is 15.0. The summed E-state index contributed by atoms with van der Waals surface area (Å²) in [4.78, 5) is 11.9. The Morgan fingerprint density at radius 2 is 1.90 bits per heavy atom. The molecule has 3 heteroatoms. The lowest BCUT2D eigenvalue weighted by Gasteiger charge is -2.38. The van der Waals surface area contributed by atoms with E-state index >= 15 is 0 Å². The third-order valence-corrected chi connectivity index (χ3v) is 4.27. The summed E-state index contributed by atoms with van der Waals surface area (Å²) in [7, 11) is 0. The number of hydrogen-bond acceptors (Lipinski definition) is 3. The van der Waals surface area contributed by atoms with Gasteiger partial charge in [0, 0.05) is 0 Å². The van der Waals surface area contributed by atoms with Crippen molar-refractivity contribution in [1.29, 1.82) is 0 Å². The summed E-state index contributed by atoms with van der Waals surface area (Å²) in [6, 6.07) is 9.57. The van der Waals surface area contributed by atoms with Crippen molar-refractivity contribution in [2.24, 2.45) is 5.92 Å². The Kier molecular flexibility index (Phi) is 5.18. The van der Waals surface area contributed by atoms with Gasteiger partial charge in [-0.1, -0.05) is 49.6 Å². The molecule has 0 bridgehead atoms. The van der Waals surface area contributed by atoms with Crippen molar-refractivity contribution in [1.82, 2.24) is 0 Å². The quantitative estimate of drug-likeness (QED) is 0.838. The van der Waals surface area contributed by atoms with Crippen LogP contribution in [0.25, 0.3) is 0 Å². The van der Waals surface area contributed by atoms with Crippen molar-refractivity contribution in [2.75, 3.05) is 6.61 Å². The average Bonchev–Trinajstić information content (AvgIpc) is 2.49. The van der Waals surface area contributed by atoms with Gasteiger partial charge in [0.1, 0.15) is 5.60 Å². The highest BCUT2D eigenvalue weighted by Crippen LogP contribution is 2.41. The molecule has 0 aromatic heterocycles. The molecule has 3 nitrogen and oxygen atoms in total. The van der Waals surface area contributed by atoms with E-state index in [-0.39, 0.29) is 18.3 Å². The van der Waals surface area contributed by atoms with Crippen LogP contribution in [-0.2, 0) is 15.1 Å². The van der Waals surface area contributed by atoms with Gasteiger partial charge in [0.15, 0.2) is 0 Å². The van der Waals surface area contributed by atoms with Crippen LogP contribution in [0.5, 0.6) is 0 Å². The number of carbonyl (C=O) groups is 1. The van der Waals surface area contributed by atoms with E-state index in [9.17, 15) is 9.90 Å². The maximum atomic E-state index is 11.9. The zero-order valence-corrected chi connectivity index (χ0v) is 12.2. The number of rotatable bonds is 5. The molecule has 1 N–H and O–H groups in total. The minimum Gasteiger partial charge on any atom is -0.466 e. The molecule has 2 rings (SSSR count). The molecule has 1 aromatic carbocycles. The zero-order chi connectivity index (χ0) is 14.4. The Morgan fingerprint density at radius 3 is 2.50 bits per heavy atom. The second-order valence-corrected chi connectivity index (χ2v) is 5.61. The standard InChI is InChI=1S/C17H24O3/c1-2-20-16(18)13-17(19,14-9-5-3-6-10-14)15-11-7-4-8-12-15/h3,5-6,9-10,15,19H,2,4,7-8,11-13H2,1H3. The van der Waals surface area contributed by atoms with Gasteiger partial charge in [0.2, 0.25) is 0 Å². The van der Waals surface area contributed by atoms with Crippen molar-refractivity contribution in [2.45, 2.75) is 51.0 Å². The van der Waals surface area contributed by atoms with Crippen molar-refractivity contribution in [3.63, 3.8) is 0 Å². The molecule has 0 amide bonds. The lowest BCUT2D eigenvalue weighted by molar-refractivity contribution is -0.153. The maximum Gasteiger partial charge on any atom is 0.309 e. The van der Waals surface area contributed by atoms with Gasteiger partial charge >= 0.3 is 5.97 Å². The van der Waals surface area contributed by atoms with Crippen LogP contribution in [0, 0.1) is 5.92 Å². The fourth-order valence-corrected chi connectivity index (χ4v) is 3.22. The van der Waals surface area contributed by atoms with Crippen LogP contribution < -0.4 is 0 Å². The lowest BCUT2D eigenvalue weighted by Crippen LogP contribution is -2.39. The molecular weight excluding hydrogens is 252 g/mol. The third-order valence-electron chi connectivity index (χ3n) is 4.27. The van der Waals surface area contributed by atoms with E-state index in [1.54, 1.807) is 6.92 Å². The van der Waals surface area contributed by atoms with Gasteiger partial charge in [-0.2, -0.15) is 0 Å². The van der Waals surface area contributed by atoms with Crippen LogP contribution >= 0.6 is 0 Å². The highest BCUT2D eigenvalue weighted by molar-refractivity contribution is 5.71. The fourth-order valence-electron chi connectivity index (χ4n) is 3.22. The van der Waals surface area contributed by atoms with Gasteiger partial charge in [-0.05, 0) is 31.2 Å². The van der Waals surface area contributed by atoms with Crippen LogP contribution in [-0.4, -0.2) is 17.7 Å². The van der Waals surface area contributed by atoms with Crippen molar-refractivity contribution in [3.05, 3.63) is 35.9 Å². The van der Waals surface area contributed by atoms with Crippen LogP contribution in [0.2, 0.25) is 0 Å². The minimum absolute atomic E-state index is 0.0511. The normalized spacial score (nSPS) is 19.3. The number of esters is 1. The molecule has 0 heterocycles. The third kappa shape index (κ3) is 3.40. The topological polar surface area (TPSA) is 46.5 Å². The molecule has 0 spiro atoms. The SMILES string of the molecule is CCOC(=O)CC(O)(c1ccccc1)C1CCCCC1. The first-order valence-electron chi connectivity index (χ1n) is 7.60. The highest BCUT2D eigenvalue weighted by Gasteiger charge is 2.41. The van der Waals surface area contributed by atoms with E-state index in [1.165, 1.54) is 6.42 Å². The summed E-state index contributed by atoms with van der Waals surface area (Å²) in [5.41, 5.74) is -0.256. The molecule has 1 aliphatic rings. The summed E-state index contributed by atoms with van der Waals surface area (Å²) in [5.74, 6) is -0.174. The van der Waals surface area contributed by atoms with Crippen LogP contribution in [0.3, 0.4) is 0 Å². The van der Waals surface area contributed by atoms with E-state index in [1.807, 2.05) is 30.3 Å². The Hall–Kier alpha value is -1.35. The van der Waals surface area contributed by atoms with Gasteiger partial charge in [0.05, 0.1) is 13.0 Å². The molecule has 0 radical (unpaired) electrons. The van der Waals surface area contributed by atoms with Crippen LogP contribution in [0.4, 0.5) is 0 Å². The molecule has 0 aliphatic heterocycles. The van der Waals surface area contributed by atoms with Crippen molar-refractivity contribution < 1.29 is 14.6 Å². The van der Waals surface area contributed by atoms with Gasteiger partial charge in [-0.3, -0.25) is 4.79 Å². The zero-order valence-electron chi connectivity index (χ0n) is 12.2. The summed E-state index contributed by atoms with van der Waals surface area (Å²) in [6.07, 6.45) is 5.48. The molecule has 1 aliphatic carbocycles. The van der Waals surface area contributed by atoms with E-state index < -0.39 is 5.60 Å². The van der Waals surface area contributed by atoms with Gasteiger partial charge in [0.25, 0.3) is 0 Å². The summed E-state index contributed by atoms with van der Waals surface area (Å²) < 4.78 is 5.05. The van der Waals surface area contributed by atoms with Crippen molar-refractivity contribution in [3.8, 4) is 0 Å². The molecule has 0 saturated heterocycles. The fraction of sp³-hybridized carbons (Fsp3) is 0.588. The predicted molar refractivity (Wildman–Crippen MR) is 78.2 cm³/mol. The largest absolute Gasteiger partial charge is 0.466 e. The molecule has 1 atom stereocenters. The van der Waals surface area contributed by atoms with Gasteiger partial charge < -0.3 is 9.84 Å². The summed E-state index contributed by atoms with van der Waals surface area (Å²) in [6.45, 7) is 2.15. The smallest absolute Gasteiger partial charge is 0.309 e. The Morgan fingerprint density at radius 1 is 1.25 bits per heavy atom. The first-order valence-corrected chi connectivity index (χ1v) is 7.60. The lowest BCUT2D eigenvalue weighted by atomic mass is 9.72. The van der Waals surface area contributed by atoms with Crippen LogP contribution in [0.15, 0.2) is 30.3 Å². The molecule has 110 valence electrons. The minimum atomic E-state index is -1.09. The summed E-state index contributed by atoms with van der Waals surface area (Å²) >= 11 is 0. The number of benzene rings is 1. The average molecular weight is 276 g/mol. The second-order valence-electron chi connectivity index (χ2n) is 5.61. The number of ether oxygens (including phenoxy) is 1. The van der Waals surface area contributed by atoms with Gasteiger partial charge in [-0.25, -0.2) is 0 Å². The second kappa shape index (κ2) is 6.89. The van der Waals surface area contributed by atoms with E-state index in [4.69, 9.17) is 4.74 Å². The predicted octanol–water partition coefficient (Wildman–Crippen LogP) is 3.41. The Labute approximate surface area is 121 Å². The van der Waals surface area contributed by atoms with Gasteiger partial charge in [-0.15, -0.1) is 0 Å². The number of aliphatic hydroxyl groups is 1. The number of carbonyl (C=O) groups excluding carboxylic acids is 1. The molecule has 20 heavy (non-hydrogen) atoms. The maximum absolute atomic E-state index is 11.9. The van der Waals surface area contributed by atoms with Crippen molar-refractivity contribution >= 4 is 5.97 Å².